The summed E-state index contributed by atoms with van der Waals surface area (Å²) in [6, 6.07) is 8.95. The van der Waals surface area contributed by atoms with Gasteiger partial charge in [-0.2, -0.15) is 13.2 Å². The van der Waals surface area contributed by atoms with Gasteiger partial charge in [-0.3, -0.25) is 4.79 Å². The third-order valence-electron chi connectivity index (χ3n) is 1.96. The highest BCUT2D eigenvalue weighted by atomic mass is 35.5. The van der Waals surface area contributed by atoms with E-state index in [9.17, 15) is 18.0 Å². The SMILES string of the molecule is Cl.O=C(CNc1ccccc1)NCCC(F)(F)F. The summed E-state index contributed by atoms with van der Waals surface area (Å²) in [4.78, 5) is 11.2. The molecule has 0 unspecified atom stereocenters. The van der Waals surface area contributed by atoms with Crippen LogP contribution in [0.2, 0.25) is 0 Å². The van der Waals surface area contributed by atoms with E-state index in [-0.39, 0.29) is 19.0 Å². The minimum atomic E-state index is -4.24. The number of anilines is 1. The molecule has 3 nitrogen and oxygen atoms in total. The Morgan fingerprint density at radius 1 is 1.17 bits per heavy atom. The molecule has 1 aromatic carbocycles. The monoisotopic (exact) mass is 282 g/mol. The Morgan fingerprint density at radius 3 is 2.33 bits per heavy atom. The summed E-state index contributed by atoms with van der Waals surface area (Å²) in [5, 5.41) is 4.99. The molecule has 2 N–H and O–H groups in total. The summed E-state index contributed by atoms with van der Waals surface area (Å²) in [5.41, 5.74) is 0.749. The Labute approximate surface area is 109 Å². The second-order valence-electron chi connectivity index (χ2n) is 3.43. The minimum absolute atomic E-state index is 0. The van der Waals surface area contributed by atoms with E-state index >= 15 is 0 Å². The molecule has 0 radical (unpaired) electrons. The molecule has 0 spiro atoms. The molecular weight excluding hydrogens is 269 g/mol. The summed E-state index contributed by atoms with van der Waals surface area (Å²) in [6.45, 7) is -0.430. The van der Waals surface area contributed by atoms with Crippen LogP contribution in [0.5, 0.6) is 0 Å². The fourth-order valence-corrected chi connectivity index (χ4v) is 1.14. The molecule has 0 aliphatic carbocycles. The van der Waals surface area contributed by atoms with E-state index in [0.29, 0.717) is 0 Å². The van der Waals surface area contributed by atoms with E-state index < -0.39 is 25.0 Å². The van der Waals surface area contributed by atoms with Gasteiger partial charge in [-0.05, 0) is 12.1 Å². The number of carbonyl (C=O) groups excluding carboxylic acids is 1. The molecule has 0 aliphatic heterocycles. The molecule has 1 amide bonds. The number of hydrogen-bond donors (Lipinski definition) is 2. The molecule has 7 heteroatoms. The highest BCUT2D eigenvalue weighted by molar-refractivity contribution is 5.85. The number of nitrogens with one attached hydrogen (secondary N) is 2. The smallest absolute Gasteiger partial charge is 0.376 e. The van der Waals surface area contributed by atoms with Crippen LogP contribution in [-0.4, -0.2) is 25.2 Å². The fraction of sp³-hybridized carbons (Fsp3) is 0.364. The van der Waals surface area contributed by atoms with Crippen molar-refractivity contribution in [2.45, 2.75) is 12.6 Å². The summed E-state index contributed by atoms with van der Waals surface area (Å²) < 4.78 is 35.4. The van der Waals surface area contributed by atoms with Gasteiger partial charge in [-0.15, -0.1) is 12.4 Å². The Balaban J connectivity index is 0.00000289. The minimum Gasteiger partial charge on any atom is -0.376 e. The average molecular weight is 283 g/mol. The Kier molecular flexibility index (Phi) is 7.19. The third-order valence-corrected chi connectivity index (χ3v) is 1.96. The summed E-state index contributed by atoms with van der Waals surface area (Å²) in [5.74, 6) is -0.460. The third kappa shape index (κ3) is 7.78. The first-order chi connectivity index (χ1) is 7.97. The van der Waals surface area contributed by atoms with E-state index in [4.69, 9.17) is 0 Å². The van der Waals surface area contributed by atoms with Crippen molar-refractivity contribution in [1.82, 2.24) is 5.32 Å². The molecule has 0 fully saturated rings. The van der Waals surface area contributed by atoms with Crippen LogP contribution in [0.1, 0.15) is 6.42 Å². The van der Waals surface area contributed by atoms with Gasteiger partial charge in [0, 0.05) is 12.2 Å². The maximum Gasteiger partial charge on any atom is 0.390 e. The van der Waals surface area contributed by atoms with Crippen molar-refractivity contribution in [3.8, 4) is 0 Å². The van der Waals surface area contributed by atoms with Gasteiger partial charge in [0.15, 0.2) is 0 Å². The number of alkyl halides is 3. The summed E-state index contributed by atoms with van der Waals surface area (Å²) in [7, 11) is 0. The Bertz CT molecular complexity index is 357. The van der Waals surface area contributed by atoms with Crippen molar-refractivity contribution in [2.24, 2.45) is 0 Å². The van der Waals surface area contributed by atoms with Gasteiger partial charge < -0.3 is 10.6 Å². The highest BCUT2D eigenvalue weighted by Crippen LogP contribution is 2.18. The van der Waals surface area contributed by atoms with E-state index in [2.05, 4.69) is 10.6 Å². The molecule has 102 valence electrons. The van der Waals surface area contributed by atoms with Gasteiger partial charge in [0.25, 0.3) is 0 Å². The first kappa shape index (κ1) is 16.6. The van der Waals surface area contributed by atoms with Crippen LogP contribution in [0.25, 0.3) is 0 Å². The van der Waals surface area contributed by atoms with E-state index in [1.807, 2.05) is 6.07 Å². The molecule has 0 aromatic heterocycles. The number of rotatable bonds is 5. The van der Waals surface area contributed by atoms with Crippen LogP contribution < -0.4 is 10.6 Å². The quantitative estimate of drug-likeness (QED) is 0.871. The van der Waals surface area contributed by atoms with Gasteiger partial charge in [0.2, 0.25) is 5.91 Å². The Hall–Kier alpha value is -1.43. The molecule has 0 aliphatic rings. The number of para-hydroxylation sites is 1. The zero-order valence-corrected chi connectivity index (χ0v) is 10.3. The van der Waals surface area contributed by atoms with Gasteiger partial charge >= 0.3 is 6.18 Å². The van der Waals surface area contributed by atoms with Crippen LogP contribution in [0.4, 0.5) is 18.9 Å². The van der Waals surface area contributed by atoms with Crippen LogP contribution in [0.3, 0.4) is 0 Å². The van der Waals surface area contributed by atoms with Crippen molar-refractivity contribution in [3.63, 3.8) is 0 Å². The zero-order chi connectivity index (χ0) is 12.7. The van der Waals surface area contributed by atoms with Crippen LogP contribution in [0, 0.1) is 0 Å². The lowest BCUT2D eigenvalue weighted by atomic mass is 10.3. The van der Waals surface area contributed by atoms with Gasteiger partial charge in [-0.1, -0.05) is 18.2 Å². The number of amides is 1. The maximum atomic E-state index is 11.8. The molecule has 0 bridgehead atoms. The number of carbonyl (C=O) groups is 1. The second kappa shape index (κ2) is 7.81. The molecule has 0 atom stereocenters. The lowest BCUT2D eigenvalue weighted by molar-refractivity contribution is -0.135. The van der Waals surface area contributed by atoms with Crippen LogP contribution >= 0.6 is 12.4 Å². The standard InChI is InChI=1S/C11H13F3N2O.ClH/c12-11(13,14)6-7-15-10(17)8-16-9-4-2-1-3-5-9;/h1-5,16H,6-8H2,(H,15,17);1H. The van der Waals surface area contributed by atoms with Crippen molar-refractivity contribution in [2.75, 3.05) is 18.4 Å². The maximum absolute atomic E-state index is 11.8. The predicted octanol–water partition coefficient (Wildman–Crippen LogP) is 2.59. The lowest BCUT2D eigenvalue weighted by Gasteiger charge is -2.09. The molecule has 1 aromatic rings. The average Bonchev–Trinajstić information content (AvgIpc) is 2.26. The van der Waals surface area contributed by atoms with Crippen LogP contribution in [0.15, 0.2) is 30.3 Å². The molecule has 0 saturated heterocycles. The van der Waals surface area contributed by atoms with E-state index in [1.165, 1.54) is 0 Å². The van der Waals surface area contributed by atoms with Crippen molar-refractivity contribution >= 4 is 24.0 Å². The van der Waals surface area contributed by atoms with Crippen molar-refractivity contribution < 1.29 is 18.0 Å². The van der Waals surface area contributed by atoms with Gasteiger partial charge in [0.05, 0.1) is 13.0 Å². The number of halogens is 4. The van der Waals surface area contributed by atoms with Crippen molar-refractivity contribution in [3.05, 3.63) is 30.3 Å². The molecule has 1 rings (SSSR count). The molecule has 0 saturated carbocycles. The summed E-state index contributed by atoms with van der Waals surface area (Å²) in [6.07, 6.45) is -5.25. The highest BCUT2D eigenvalue weighted by Gasteiger charge is 2.26. The molecular formula is C11H14ClF3N2O. The summed E-state index contributed by atoms with van der Waals surface area (Å²) >= 11 is 0. The van der Waals surface area contributed by atoms with Crippen molar-refractivity contribution in [1.29, 1.82) is 0 Å². The Morgan fingerprint density at radius 2 is 1.78 bits per heavy atom. The number of hydrogen-bond acceptors (Lipinski definition) is 2. The molecule has 18 heavy (non-hydrogen) atoms. The van der Waals surface area contributed by atoms with E-state index in [0.717, 1.165) is 5.69 Å². The topological polar surface area (TPSA) is 41.1 Å². The van der Waals surface area contributed by atoms with E-state index in [1.54, 1.807) is 24.3 Å². The van der Waals surface area contributed by atoms with Gasteiger partial charge in [0.1, 0.15) is 0 Å². The zero-order valence-electron chi connectivity index (χ0n) is 9.46. The van der Waals surface area contributed by atoms with Gasteiger partial charge in [-0.25, -0.2) is 0 Å². The van der Waals surface area contributed by atoms with Crippen LogP contribution in [-0.2, 0) is 4.79 Å². The molecule has 0 heterocycles. The first-order valence-corrected chi connectivity index (χ1v) is 5.10. The first-order valence-electron chi connectivity index (χ1n) is 5.10. The number of benzene rings is 1. The lowest BCUT2D eigenvalue weighted by Crippen LogP contribution is -2.32. The largest absolute Gasteiger partial charge is 0.390 e. The predicted molar refractivity (Wildman–Crippen MR) is 65.9 cm³/mol. The second-order valence-corrected chi connectivity index (χ2v) is 3.43. The fourth-order valence-electron chi connectivity index (χ4n) is 1.14. The normalized spacial score (nSPS) is 10.4.